The van der Waals surface area contributed by atoms with Gasteiger partial charge < -0.3 is 21.5 Å². The molecule has 1 aromatic heterocycles. The topological polar surface area (TPSA) is 236 Å². The summed E-state index contributed by atoms with van der Waals surface area (Å²) in [4.78, 5) is 0.679. The van der Waals surface area contributed by atoms with E-state index < -0.39 is 42.5 Å². The van der Waals surface area contributed by atoms with Gasteiger partial charge in [0.2, 0.25) is 25.9 Å². The van der Waals surface area contributed by atoms with Crippen molar-refractivity contribution >= 4 is 25.7 Å². The zero-order chi connectivity index (χ0) is 24.2. The van der Waals surface area contributed by atoms with Crippen molar-refractivity contribution in [3.05, 3.63) is 12.1 Å². The van der Waals surface area contributed by atoms with E-state index in [1.807, 2.05) is 4.90 Å². The number of piperidine rings is 1. The van der Waals surface area contributed by atoms with Crippen LogP contribution in [0.1, 0.15) is 19.3 Å². The number of aliphatic hydroxyl groups is 1. The van der Waals surface area contributed by atoms with Crippen molar-refractivity contribution in [3.63, 3.8) is 0 Å². The Hall–Kier alpha value is -2.21. The van der Waals surface area contributed by atoms with Crippen LogP contribution >= 0.6 is 0 Å². The predicted octanol–water partition coefficient (Wildman–Crippen LogP) is -2.32. The number of aromatic amines is 1. The number of nitrogens with one attached hydrogen (secondary N) is 2. The normalized spacial score (nSPS) is 16.8. The molecule has 0 radical (unpaired) electrons. The molecule has 1 atom stereocenters. The Morgan fingerprint density at radius 3 is 2.42 bits per heavy atom. The minimum Gasteiger partial charge on any atom is -0.395 e. The largest absolute Gasteiger partial charge is 0.395 e. The van der Waals surface area contributed by atoms with Crippen LogP contribution in [0.2, 0.25) is 0 Å². The lowest BCUT2D eigenvalue weighted by Crippen LogP contribution is -2.43. The molecule has 1 saturated heterocycles. The van der Waals surface area contributed by atoms with E-state index in [9.17, 15) is 21.9 Å². The van der Waals surface area contributed by atoms with Gasteiger partial charge in [-0.15, -0.1) is 10.2 Å². The van der Waals surface area contributed by atoms with Gasteiger partial charge in [0.15, 0.2) is 0 Å². The third-order valence-corrected chi connectivity index (χ3v) is 8.28. The molecule has 16 heteroatoms. The number of sulfonamides is 2. The van der Waals surface area contributed by atoms with Crippen LogP contribution in [0.5, 0.6) is 0 Å². The van der Waals surface area contributed by atoms with Gasteiger partial charge in [-0.25, -0.2) is 26.7 Å². The molecule has 1 unspecified atom stereocenters. The molecule has 14 nitrogen and oxygen atoms in total. The highest BCUT2D eigenvalue weighted by atomic mass is 32.2. The summed E-state index contributed by atoms with van der Waals surface area (Å²) in [6.07, 6.45) is 2.57. The highest BCUT2D eigenvalue weighted by Gasteiger charge is 2.34. The molecule has 33 heavy (non-hydrogen) atoms. The fourth-order valence-electron chi connectivity index (χ4n) is 3.94. The summed E-state index contributed by atoms with van der Waals surface area (Å²) in [6.45, 7) is 1.01. The van der Waals surface area contributed by atoms with Crippen LogP contribution in [-0.2, 0) is 20.0 Å². The van der Waals surface area contributed by atoms with Gasteiger partial charge in [0.05, 0.1) is 18.2 Å². The molecule has 184 valence electrons. The highest BCUT2D eigenvalue weighted by molar-refractivity contribution is 7.92. The summed E-state index contributed by atoms with van der Waals surface area (Å²) in [7, 11) is -9.02. The van der Waals surface area contributed by atoms with E-state index in [1.165, 1.54) is 6.07 Å². The molecular weight excluding hydrogens is 474 g/mol. The molecule has 9 N–H and O–H groups in total. The first-order chi connectivity index (χ1) is 15.6. The molecule has 0 amide bonds. The van der Waals surface area contributed by atoms with Crippen molar-refractivity contribution in [1.29, 1.82) is 0 Å². The third kappa shape index (κ3) is 5.65. The maximum atomic E-state index is 13.1. The minimum atomic E-state index is -4.58. The second-order valence-corrected chi connectivity index (χ2v) is 11.0. The molecule has 2 heterocycles. The van der Waals surface area contributed by atoms with Crippen LogP contribution in [0.4, 0.5) is 5.69 Å². The molecule has 1 aliphatic heterocycles. The molecule has 0 spiro atoms. The SMILES string of the molecule is NCCC1CCN(c2ccc(S(=O)(=O)NC(CN)CO)c(S(N)(=O)=O)c2-c2nn[nH]n2)CC1. The molecule has 0 bridgehead atoms. The lowest BCUT2D eigenvalue weighted by Gasteiger charge is -2.35. The van der Waals surface area contributed by atoms with E-state index in [0.29, 0.717) is 31.2 Å². The van der Waals surface area contributed by atoms with Gasteiger partial charge in [-0.2, -0.15) is 5.21 Å². The number of anilines is 1. The first-order valence-corrected chi connectivity index (χ1v) is 13.4. The Kier molecular flexibility index (Phi) is 7.99. The van der Waals surface area contributed by atoms with Gasteiger partial charge in [-0.1, -0.05) is 0 Å². The lowest BCUT2D eigenvalue weighted by atomic mass is 9.93. The van der Waals surface area contributed by atoms with E-state index in [-0.39, 0.29) is 17.9 Å². The number of hydrogen-bond acceptors (Lipinski definition) is 11. The van der Waals surface area contributed by atoms with Crippen molar-refractivity contribution in [3.8, 4) is 11.4 Å². The van der Waals surface area contributed by atoms with E-state index >= 15 is 0 Å². The average Bonchev–Trinajstić information content (AvgIpc) is 3.31. The fourth-order valence-corrected chi connectivity index (χ4v) is 6.77. The molecule has 0 saturated carbocycles. The number of H-pyrrole nitrogens is 1. The Morgan fingerprint density at radius 2 is 1.91 bits per heavy atom. The zero-order valence-corrected chi connectivity index (χ0v) is 19.5. The van der Waals surface area contributed by atoms with Gasteiger partial charge >= 0.3 is 0 Å². The van der Waals surface area contributed by atoms with Crippen LogP contribution in [0.15, 0.2) is 21.9 Å². The second kappa shape index (κ2) is 10.4. The standard InChI is InChI=1S/C17H29N9O5S2/c18-6-3-11-4-7-26(8-5-11)13-1-2-14(33(30,31)23-12(9-19)10-27)16(32(20,28)29)15(13)17-21-24-25-22-17/h1-2,11-12,23,27H,3-10,18-19H2,(H2,20,28,29)(H,21,22,24,25). The number of aliphatic hydroxyl groups excluding tert-OH is 1. The van der Waals surface area contributed by atoms with Crippen LogP contribution < -0.4 is 26.2 Å². The van der Waals surface area contributed by atoms with E-state index in [0.717, 1.165) is 25.3 Å². The Labute approximate surface area is 192 Å². The number of rotatable bonds is 10. The summed E-state index contributed by atoms with van der Waals surface area (Å²) in [6, 6.07) is 1.64. The number of tetrazole rings is 1. The van der Waals surface area contributed by atoms with E-state index in [4.69, 9.17) is 16.6 Å². The average molecular weight is 504 g/mol. The van der Waals surface area contributed by atoms with Crippen molar-refractivity contribution in [2.45, 2.75) is 35.1 Å². The zero-order valence-electron chi connectivity index (χ0n) is 17.9. The third-order valence-electron chi connectivity index (χ3n) is 5.60. The quantitative estimate of drug-likeness (QED) is 0.201. The van der Waals surface area contributed by atoms with Crippen molar-refractivity contribution in [1.82, 2.24) is 25.3 Å². The monoisotopic (exact) mass is 503 g/mol. The fraction of sp³-hybridized carbons (Fsp3) is 0.588. The van der Waals surface area contributed by atoms with Crippen LogP contribution in [0.25, 0.3) is 11.4 Å². The molecular formula is C17H29N9O5S2. The Bertz CT molecular complexity index is 1140. The summed E-state index contributed by atoms with van der Waals surface area (Å²) >= 11 is 0. The predicted molar refractivity (Wildman–Crippen MR) is 120 cm³/mol. The number of hydrogen-bond donors (Lipinski definition) is 6. The molecule has 0 aliphatic carbocycles. The van der Waals surface area contributed by atoms with Crippen LogP contribution in [0, 0.1) is 5.92 Å². The summed E-state index contributed by atoms with van der Waals surface area (Å²) in [5.74, 6) is 0.334. The second-order valence-electron chi connectivity index (χ2n) is 7.81. The van der Waals surface area contributed by atoms with Gasteiger partial charge in [0, 0.05) is 25.3 Å². The summed E-state index contributed by atoms with van der Waals surface area (Å²) < 4.78 is 53.7. The number of aromatic nitrogens is 4. The van der Waals surface area contributed by atoms with Gasteiger partial charge in [-0.3, -0.25) is 0 Å². The molecule has 1 aromatic carbocycles. The maximum absolute atomic E-state index is 13.1. The number of primary sulfonamides is 1. The van der Waals surface area contributed by atoms with Crippen LogP contribution in [0.3, 0.4) is 0 Å². The number of nitrogens with zero attached hydrogens (tertiary/aromatic N) is 4. The van der Waals surface area contributed by atoms with Crippen LogP contribution in [-0.4, -0.2) is 81.4 Å². The first kappa shape index (κ1) is 25.4. The summed E-state index contributed by atoms with van der Waals surface area (Å²) in [5.41, 5.74) is 11.5. The molecule has 1 aliphatic rings. The maximum Gasteiger partial charge on any atom is 0.242 e. The highest BCUT2D eigenvalue weighted by Crippen LogP contribution is 2.39. The minimum absolute atomic E-state index is 0.0697. The van der Waals surface area contributed by atoms with Gasteiger partial charge in [0.1, 0.15) is 9.79 Å². The summed E-state index contributed by atoms with van der Waals surface area (Å²) in [5, 5.41) is 28.4. The number of benzene rings is 1. The van der Waals surface area contributed by atoms with E-state index in [2.05, 4.69) is 25.3 Å². The van der Waals surface area contributed by atoms with Crippen molar-refractivity contribution in [2.24, 2.45) is 22.5 Å². The molecule has 1 fully saturated rings. The molecule has 3 rings (SSSR count). The first-order valence-electron chi connectivity index (χ1n) is 10.3. The smallest absolute Gasteiger partial charge is 0.242 e. The Balaban J connectivity index is 2.18. The lowest BCUT2D eigenvalue weighted by molar-refractivity contribution is 0.259. The van der Waals surface area contributed by atoms with Crippen molar-refractivity contribution < 1.29 is 21.9 Å². The van der Waals surface area contributed by atoms with Gasteiger partial charge in [-0.05, 0) is 49.1 Å². The Morgan fingerprint density at radius 1 is 1.21 bits per heavy atom. The van der Waals surface area contributed by atoms with Crippen molar-refractivity contribution in [2.75, 3.05) is 37.7 Å². The van der Waals surface area contributed by atoms with E-state index in [1.54, 1.807) is 0 Å². The number of nitrogens with two attached hydrogens (primary N) is 3. The molecule has 2 aromatic rings. The van der Waals surface area contributed by atoms with Gasteiger partial charge in [0.25, 0.3) is 0 Å².